The fourth-order valence-electron chi connectivity index (χ4n) is 9.74. The largest absolute Gasteiger partial charge is 0.310 e. The van der Waals surface area contributed by atoms with Crippen LogP contribution >= 0.6 is 0 Å². The maximum absolute atomic E-state index is 2.39. The zero-order valence-electron chi connectivity index (χ0n) is 36.3. The van der Waals surface area contributed by atoms with Gasteiger partial charge in [0.05, 0.1) is 11.0 Å². The molecule has 0 unspecified atom stereocenters. The summed E-state index contributed by atoms with van der Waals surface area (Å²) in [5.41, 5.74) is 18.7. The molecule has 0 amide bonds. The third-order valence-corrected chi connectivity index (χ3v) is 12.9. The first-order valence-corrected chi connectivity index (χ1v) is 22.7. The topological polar surface area (TPSA) is 8.17 Å². The van der Waals surface area contributed by atoms with E-state index < -0.39 is 0 Å². The van der Waals surface area contributed by atoms with Gasteiger partial charge in [-0.2, -0.15) is 0 Å². The minimum Gasteiger partial charge on any atom is -0.310 e. The average Bonchev–Trinajstić information content (AvgIpc) is 3.74. The minimum absolute atomic E-state index is 1.08. The fourth-order valence-corrected chi connectivity index (χ4v) is 9.74. The second-order valence-electron chi connectivity index (χ2n) is 17.0. The van der Waals surface area contributed by atoms with E-state index >= 15 is 0 Å². The van der Waals surface area contributed by atoms with Crippen LogP contribution in [-0.4, -0.2) is 4.57 Å². The van der Waals surface area contributed by atoms with Gasteiger partial charge in [-0.1, -0.05) is 182 Å². The smallest absolute Gasteiger partial charge is 0.0547 e. The van der Waals surface area contributed by atoms with E-state index in [0.29, 0.717) is 0 Å². The Morgan fingerprint density at radius 2 is 0.742 bits per heavy atom. The quantitative estimate of drug-likeness (QED) is 0.141. The number of rotatable bonds is 9. The highest BCUT2D eigenvalue weighted by atomic mass is 15.1. The summed E-state index contributed by atoms with van der Waals surface area (Å²) < 4.78 is 2.39. The van der Waals surface area contributed by atoms with Gasteiger partial charge in [0.15, 0.2) is 0 Å². The average molecular weight is 841 g/mol. The van der Waals surface area contributed by atoms with Gasteiger partial charge < -0.3 is 9.47 Å². The van der Waals surface area contributed by atoms with Gasteiger partial charge in [0, 0.05) is 33.5 Å². The summed E-state index contributed by atoms with van der Waals surface area (Å²) in [7, 11) is 0. The third-order valence-electron chi connectivity index (χ3n) is 12.9. The van der Waals surface area contributed by atoms with Gasteiger partial charge >= 0.3 is 0 Å². The lowest BCUT2D eigenvalue weighted by Crippen LogP contribution is -2.10. The third kappa shape index (κ3) is 7.21. The summed E-state index contributed by atoms with van der Waals surface area (Å²) in [6.07, 6.45) is 0. The van der Waals surface area contributed by atoms with Crippen LogP contribution in [0, 0.1) is 0 Å². The molecule has 66 heavy (non-hydrogen) atoms. The number of aromatic nitrogens is 1. The molecular weight excluding hydrogens is 797 g/mol. The zero-order valence-corrected chi connectivity index (χ0v) is 36.3. The molecule has 1 heterocycles. The molecule has 0 saturated carbocycles. The summed E-state index contributed by atoms with van der Waals surface area (Å²) in [5.74, 6) is 0. The van der Waals surface area contributed by atoms with Gasteiger partial charge in [0.25, 0.3) is 0 Å². The predicted octanol–water partition coefficient (Wildman–Crippen LogP) is 17.7. The lowest BCUT2D eigenvalue weighted by atomic mass is 9.93. The number of hydrogen-bond acceptors (Lipinski definition) is 1. The summed E-state index contributed by atoms with van der Waals surface area (Å²) in [5, 5.41) is 4.97. The van der Waals surface area contributed by atoms with Crippen LogP contribution in [0.25, 0.3) is 93.9 Å². The standard InChI is InChI=1S/C64H44N2/c1-4-16-45(17-5-1)53-41-54(46-18-6-2-7-19-46)43-55(42-53)49-34-38-58(39-35-49)65(57-36-32-48(33-37-57)51-31-30-47-20-10-11-21-50(47)40-51)59-25-14-22-52(44-59)60-27-15-29-63-64(60)61-26-12-13-28-62(61)66(63)56-23-8-3-9-24-56/h1-44H. The van der Waals surface area contributed by atoms with Gasteiger partial charge in [0.2, 0.25) is 0 Å². The number of fused-ring (bicyclic) bond motifs is 4. The molecule has 0 aliphatic rings. The highest BCUT2D eigenvalue weighted by molar-refractivity contribution is 6.16. The van der Waals surface area contributed by atoms with Crippen molar-refractivity contribution >= 4 is 49.6 Å². The molecule has 0 spiro atoms. The Balaban J connectivity index is 0.984. The maximum atomic E-state index is 2.39. The van der Waals surface area contributed by atoms with Crippen molar-refractivity contribution in [1.82, 2.24) is 4.57 Å². The molecule has 2 nitrogen and oxygen atoms in total. The molecule has 0 saturated heterocycles. The summed E-state index contributed by atoms with van der Waals surface area (Å²) in [4.78, 5) is 2.39. The number of para-hydroxylation sites is 2. The predicted molar refractivity (Wildman–Crippen MR) is 280 cm³/mol. The van der Waals surface area contributed by atoms with Gasteiger partial charge in [-0.05, 0) is 151 Å². The summed E-state index contributed by atoms with van der Waals surface area (Å²) in [6, 6.07) is 96.9. The van der Waals surface area contributed by atoms with Gasteiger partial charge in [-0.15, -0.1) is 0 Å². The first-order chi connectivity index (χ1) is 32.7. The first kappa shape index (κ1) is 38.9. The van der Waals surface area contributed by atoms with Gasteiger partial charge in [0.1, 0.15) is 0 Å². The van der Waals surface area contributed by atoms with Crippen LogP contribution in [0.4, 0.5) is 17.1 Å². The molecule has 11 aromatic carbocycles. The molecule has 2 heteroatoms. The van der Waals surface area contributed by atoms with E-state index in [9.17, 15) is 0 Å². The van der Waals surface area contributed by atoms with E-state index in [4.69, 9.17) is 0 Å². The second-order valence-corrected chi connectivity index (χ2v) is 17.0. The summed E-state index contributed by atoms with van der Waals surface area (Å²) in [6.45, 7) is 0. The number of anilines is 3. The van der Waals surface area contributed by atoms with Crippen LogP contribution in [0.1, 0.15) is 0 Å². The van der Waals surface area contributed by atoms with E-state index in [0.717, 1.165) is 33.9 Å². The molecule has 1 aromatic heterocycles. The van der Waals surface area contributed by atoms with Crippen LogP contribution in [0.15, 0.2) is 267 Å². The van der Waals surface area contributed by atoms with Crippen LogP contribution in [0.3, 0.4) is 0 Å². The Morgan fingerprint density at radius 3 is 1.39 bits per heavy atom. The second kappa shape index (κ2) is 16.8. The van der Waals surface area contributed by atoms with Crippen molar-refractivity contribution in [2.75, 3.05) is 4.90 Å². The highest BCUT2D eigenvalue weighted by Crippen LogP contribution is 2.43. The van der Waals surface area contributed by atoms with Crippen molar-refractivity contribution in [3.63, 3.8) is 0 Å². The van der Waals surface area contributed by atoms with Crippen molar-refractivity contribution in [3.05, 3.63) is 267 Å². The van der Waals surface area contributed by atoms with Gasteiger partial charge in [-0.3, -0.25) is 0 Å². The molecule has 0 aliphatic carbocycles. The van der Waals surface area contributed by atoms with Gasteiger partial charge in [-0.25, -0.2) is 0 Å². The maximum Gasteiger partial charge on any atom is 0.0547 e. The van der Waals surface area contributed by atoms with Crippen molar-refractivity contribution in [2.24, 2.45) is 0 Å². The van der Waals surface area contributed by atoms with Crippen molar-refractivity contribution < 1.29 is 0 Å². The lowest BCUT2D eigenvalue weighted by Gasteiger charge is -2.26. The minimum atomic E-state index is 1.08. The molecule has 0 bridgehead atoms. The zero-order chi connectivity index (χ0) is 43.8. The molecule has 0 radical (unpaired) electrons. The van der Waals surface area contributed by atoms with Crippen molar-refractivity contribution in [1.29, 1.82) is 0 Å². The Morgan fingerprint density at radius 1 is 0.258 bits per heavy atom. The van der Waals surface area contributed by atoms with Crippen LogP contribution in [0.2, 0.25) is 0 Å². The van der Waals surface area contributed by atoms with Crippen LogP contribution < -0.4 is 4.90 Å². The number of hydrogen-bond donors (Lipinski definition) is 0. The Labute approximate surface area is 385 Å². The van der Waals surface area contributed by atoms with Crippen LogP contribution in [0.5, 0.6) is 0 Å². The van der Waals surface area contributed by atoms with E-state index in [1.807, 2.05) is 0 Å². The van der Waals surface area contributed by atoms with E-state index in [1.165, 1.54) is 77.1 Å². The molecular formula is C64H44N2. The van der Waals surface area contributed by atoms with Crippen molar-refractivity contribution in [2.45, 2.75) is 0 Å². The Kier molecular flexibility index (Phi) is 9.89. The highest BCUT2D eigenvalue weighted by Gasteiger charge is 2.19. The lowest BCUT2D eigenvalue weighted by molar-refractivity contribution is 1.18. The summed E-state index contributed by atoms with van der Waals surface area (Å²) >= 11 is 0. The molecule has 0 aliphatic heterocycles. The molecule has 0 N–H and O–H groups in total. The number of nitrogens with zero attached hydrogens (tertiary/aromatic N) is 2. The molecule has 0 atom stereocenters. The Bertz CT molecular complexity index is 3610. The monoisotopic (exact) mass is 840 g/mol. The first-order valence-electron chi connectivity index (χ1n) is 22.7. The van der Waals surface area contributed by atoms with E-state index in [-0.39, 0.29) is 0 Å². The fraction of sp³-hybridized carbons (Fsp3) is 0. The SMILES string of the molecule is c1ccc(-c2cc(-c3ccccc3)cc(-c3ccc(N(c4ccc(-c5ccc6ccccc6c5)cc4)c4cccc(-c5cccc6c5c5ccccc5n6-c5ccccc5)c4)cc3)c2)cc1. The van der Waals surface area contributed by atoms with E-state index in [1.54, 1.807) is 0 Å². The normalized spacial score (nSPS) is 11.3. The Hall–Kier alpha value is -8.72. The molecule has 12 rings (SSSR count). The van der Waals surface area contributed by atoms with Crippen LogP contribution in [-0.2, 0) is 0 Å². The molecule has 0 fully saturated rings. The van der Waals surface area contributed by atoms with E-state index in [2.05, 4.69) is 276 Å². The van der Waals surface area contributed by atoms with Crippen molar-refractivity contribution in [3.8, 4) is 61.3 Å². The number of benzene rings is 11. The molecule has 310 valence electrons. The molecule has 12 aromatic rings.